The molecule has 1 N–H and O–H groups in total. The molecule has 6 heteroatoms. The topological polar surface area (TPSA) is 42.0 Å². The normalized spacial score (nSPS) is 15.3. The lowest BCUT2D eigenvalue weighted by molar-refractivity contribution is -0.114. The highest BCUT2D eigenvalue weighted by Crippen LogP contribution is 2.33. The Morgan fingerprint density at radius 1 is 1.29 bits per heavy atom. The summed E-state index contributed by atoms with van der Waals surface area (Å²) in [5.41, 5.74) is 4.51. The van der Waals surface area contributed by atoms with Crippen LogP contribution in [0.4, 0.5) is 5.13 Å². The lowest BCUT2D eigenvalue weighted by Crippen LogP contribution is -2.20. The minimum Gasteiger partial charge on any atom is -0.300 e. The van der Waals surface area contributed by atoms with Crippen molar-refractivity contribution in [1.82, 2.24) is 4.98 Å². The fraction of sp³-hybridized carbons (Fsp3) is 0.333. The Morgan fingerprint density at radius 3 is 2.76 bits per heavy atom. The Bertz CT molecular complexity index is 663. The molecule has 0 atom stereocenters. The molecule has 2 aromatic rings. The number of thiazole rings is 1. The molecule has 0 spiro atoms. The Balaban J connectivity index is 1.75. The molecule has 0 radical (unpaired) electrons. The predicted octanol–water partition coefficient (Wildman–Crippen LogP) is 4.17. The molecule has 0 bridgehead atoms. The van der Waals surface area contributed by atoms with Gasteiger partial charge in [-0.05, 0) is 19.4 Å². The number of benzene rings is 1. The molecule has 1 amide bonds. The van der Waals surface area contributed by atoms with Crippen LogP contribution in [0, 0.1) is 13.8 Å². The third-order valence-corrected chi connectivity index (χ3v) is 6.97. The maximum atomic E-state index is 12.1. The number of aryl methyl sites for hydroxylation is 2. The van der Waals surface area contributed by atoms with Gasteiger partial charge in [-0.2, -0.15) is 0 Å². The first-order chi connectivity index (χ1) is 10.1. The van der Waals surface area contributed by atoms with Gasteiger partial charge < -0.3 is 5.32 Å². The highest BCUT2D eigenvalue weighted by Gasteiger charge is 2.24. The van der Waals surface area contributed by atoms with E-state index in [0.29, 0.717) is 5.13 Å². The van der Waals surface area contributed by atoms with Crippen LogP contribution in [0.1, 0.15) is 11.1 Å². The summed E-state index contributed by atoms with van der Waals surface area (Å²) < 4.78 is 0.0125. The fourth-order valence-electron chi connectivity index (χ4n) is 2.23. The highest BCUT2D eigenvalue weighted by atomic mass is 32.2. The Hall–Kier alpha value is -0.980. The van der Waals surface area contributed by atoms with Crippen molar-refractivity contribution in [3.05, 3.63) is 34.7 Å². The monoisotopic (exact) mass is 336 g/mol. The van der Waals surface area contributed by atoms with Crippen molar-refractivity contribution in [1.29, 1.82) is 0 Å². The van der Waals surface area contributed by atoms with E-state index in [1.807, 2.05) is 5.38 Å². The van der Waals surface area contributed by atoms with Gasteiger partial charge in [0.05, 0.1) is 5.69 Å². The number of nitrogens with one attached hydrogen (secondary N) is 1. The van der Waals surface area contributed by atoms with Crippen LogP contribution < -0.4 is 5.32 Å². The van der Waals surface area contributed by atoms with Crippen LogP contribution >= 0.6 is 34.9 Å². The van der Waals surface area contributed by atoms with E-state index in [0.717, 1.165) is 22.8 Å². The molecule has 1 fully saturated rings. The van der Waals surface area contributed by atoms with Gasteiger partial charge in [-0.25, -0.2) is 4.98 Å². The van der Waals surface area contributed by atoms with Crippen molar-refractivity contribution in [2.24, 2.45) is 0 Å². The zero-order valence-corrected chi connectivity index (χ0v) is 14.3. The summed E-state index contributed by atoms with van der Waals surface area (Å²) in [6.07, 6.45) is 0. The van der Waals surface area contributed by atoms with Crippen LogP contribution in [0.25, 0.3) is 11.3 Å². The lowest BCUT2D eigenvalue weighted by atomic mass is 10.0. The Labute approximate surface area is 136 Å². The highest BCUT2D eigenvalue weighted by molar-refractivity contribution is 8.21. The second kappa shape index (κ2) is 6.42. The summed E-state index contributed by atoms with van der Waals surface area (Å²) in [5, 5.41) is 5.62. The number of anilines is 1. The zero-order valence-electron chi connectivity index (χ0n) is 11.9. The molecule has 1 aliphatic rings. The van der Waals surface area contributed by atoms with Crippen LogP contribution in [-0.4, -0.2) is 27.0 Å². The van der Waals surface area contributed by atoms with Gasteiger partial charge in [-0.15, -0.1) is 34.9 Å². The number of hydrogen-bond acceptors (Lipinski definition) is 5. The summed E-state index contributed by atoms with van der Waals surface area (Å²) in [5.74, 6) is 2.16. The van der Waals surface area contributed by atoms with Gasteiger partial charge in [-0.3, -0.25) is 4.79 Å². The number of hydrogen-bond donors (Lipinski definition) is 1. The van der Waals surface area contributed by atoms with Crippen molar-refractivity contribution in [2.45, 2.75) is 18.4 Å². The number of carbonyl (C=O) groups is 1. The molecule has 3 nitrogen and oxygen atoms in total. The number of nitrogens with zero attached hydrogens (tertiary/aromatic N) is 1. The van der Waals surface area contributed by atoms with Gasteiger partial charge in [0.2, 0.25) is 5.91 Å². The molecule has 110 valence electrons. The van der Waals surface area contributed by atoms with Crippen molar-refractivity contribution >= 4 is 45.9 Å². The first kappa shape index (κ1) is 14.9. The molecule has 21 heavy (non-hydrogen) atoms. The van der Waals surface area contributed by atoms with Crippen molar-refractivity contribution < 1.29 is 4.79 Å². The van der Waals surface area contributed by atoms with Crippen LogP contribution in [0.5, 0.6) is 0 Å². The quantitative estimate of drug-likeness (QED) is 0.913. The Kier molecular flexibility index (Phi) is 4.57. The minimum absolute atomic E-state index is 0.0125. The first-order valence-electron chi connectivity index (χ1n) is 6.71. The fourth-order valence-corrected chi connectivity index (χ4v) is 5.52. The number of amides is 1. The zero-order chi connectivity index (χ0) is 14.8. The van der Waals surface area contributed by atoms with Crippen molar-refractivity contribution in [3.8, 4) is 11.3 Å². The molecule has 3 rings (SSSR count). The number of rotatable bonds is 3. The van der Waals surface area contributed by atoms with E-state index in [-0.39, 0.29) is 10.5 Å². The van der Waals surface area contributed by atoms with E-state index in [1.54, 1.807) is 23.5 Å². The molecular formula is C15H16N2OS3. The molecule has 2 heterocycles. The van der Waals surface area contributed by atoms with Crippen LogP contribution in [0.3, 0.4) is 0 Å². The summed E-state index contributed by atoms with van der Waals surface area (Å²) >= 11 is 4.89. The van der Waals surface area contributed by atoms with E-state index in [9.17, 15) is 4.79 Å². The maximum Gasteiger partial charge on any atom is 0.249 e. The van der Waals surface area contributed by atoms with Crippen LogP contribution in [0.15, 0.2) is 23.6 Å². The number of thioether (sulfide) groups is 2. The SMILES string of the molecule is Cc1ccc(-c2csc(NC(=O)C3SCCS3)n2)c(C)c1. The third-order valence-electron chi connectivity index (χ3n) is 3.23. The van der Waals surface area contributed by atoms with E-state index in [2.05, 4.69) is 42.3 Å². The summed E-state index contributed by atoms with van der Waals surface area (Å²) in [4.78, 5) is 16.6. The van der Waals surface area contributed by atoms with Gasteiger partial charge in [0.15, 0.2) is 5.13 Å². The van der Waals surface area contributed by atoms with E-state index >= 15 is 0 Å². The van der Waals surface area contributed by atoms with Gasteiger partial charge in [0, 0.05) is 22.4 Å². The van der Waals surface area contributed by atoms with Crippen molar-refractivity contribution in [3.63, 3.8) is 0 Å². The van der Waals surface area contributed by atoms with E-state index in [4.69, 9.17) is 0 Å². The largest absolute Gasteiger partial charge is 0.300 e. The summed E-state index contributed by atoms with van der Waals surface area (Å²) in [6.45, 7) is 4.17. The van der Waals surface area contributed by atoms with E-state index < -0.39 is 0 Å². The molecule has 0 unspecified atom stereocenters. The van der Waals surface area contributed by atoms with Gasteiger partial charge >= 0.3 is 0 Å². The molecule has 1 aromatic carbocycles. The molecule has 1 aromatic heterocycles. The predicted molar refractivity (Wildman–Crippen MR) is 94.4 cm³/mol. The number of carbonyl (C=O) groups excluding carboxylic acids is 1. The minimum atomic E-state index is 0.0125. The lowest BCUT2D eigenvalue weighted by Gasteiger charge is -2.06. The third kappa shape index (κ3) is 3.44. The van der Waals surface area contributed by atoms with Crippen LogP contribution in [-0.2, 0) is 4.79 Å². The van der Waals surface area contributed by atoms with E-state index in [1.165, 1.54) is 22.5 Å². The molecule has 1 saturated heterocycles. The molecule has 1 aliphatic heterocycles. The van der Waals surface area contributed by atoms with Gasteiger partial charge in [0.25, 0.3) is 0 Å². The second-order valence-corrected chi connectivity index (χ2v) is 8.50. The summed E-state index contributed by atoms with van der Waals surface area (Å²) in [7, 11) is 0. The second-order valence-electron chi connectivity index (χ2n) is 4.92. The standard InChI is InChI=1S/C15H16N2OS3/c1-9-3-4-11(10(2)7-9)12-8-21-15(16-12)17-13(18)14-19-5-6-20-14/h3-4,7-8,14H,5-6H2,1-2H3,(H,16,17,18). The molecule has 0 aliphatic carbocycles. The molecular weight excluding hydrogens is 320 g/mol. The van der Waals surface area contributed by atoms with Gasteiger partial charge in [-0.1, -0.05) is 23.8 Å². The average molecular weight is 337 g/mol. The Morgan fingerprint density at radius 2 is 2.05 bits per heavy atom. The average Bonchev–Trinajstić information content (AvgIpc) is 3.09. The smallest absolute Gasteiger partial charge is 0.249 e. The first-order valence-corrected chi connectivity index (χ1v) is 9.68. The number of aromatic nitrogens is 1. The van der Waals surface area contributed by atoms with Gasteiger partial charge in [0.1, 0.15) is 4.58 Å². The van der Waals surface area contributed by atoms with Crippen molar-refractivity contribution in [2.75, 3.05) is 16.8 Å². The molecule has 0 saturated carbocycles. The van der Waals surface area contributed by atoms with Crippen LogP contribution in [0.2, 0.25) is 0 Å². The summed E-state index contributed by atoms with van der Waals surface area (Å²) in [6, 6.07) is 6.33. The maximum absolute atomic E-state index is 12.1.